The molecule has 0 aliphatic carbocycles. The molecule has 0 fully saturated rings. The van der Waals surface area contributed by atoms with Crippen LogP contribution in [-0.4, -0.2) is 39.5 Å². The van der Waals surface area contributed by atoms with Crippen molar-refractivity contribution in [3.63, 3.8) is 0 Å². The summed E-state index contributed by atoms with van der Waals surface area (Å²) in [6.45, 7) is 2.51. The maximum absolute atomic E-state index is 11.3. The quantitative estimate of drug-likeness (QED) is 0.318. The zero-order chi connectivity index (χ0) is 19.7. The van der Waals surface area contributed by atoms with E-state index in [2.05, 4.69) is 15.6 Å². The van der Waals surface area contributed by atoms with Crippen LogP contribution in [0.2, 0.25) is 0 Å². The molecule has 1 atom stereocenters. The average molecular weight is 517 g/mol. The van der Waals surface area contributed by atoms with E-state index in [4.69, 9.17) is 4.74 Å². The van der Waals surface area contributed by atoms with Crippen molar-refractivity contribution < 1.29 is 13.2 Å². The molecule has 0 saturated carbocycles. The fraction of sp³-hybridized carbons (Fsp3) is 0.350. The first-order valence-electron chi connectivity index (χ1n) is 8.82. The van der Waals surface area contributed by atoms with Crippen LogP contribution in [0.25, 0.3) is 0 Å². The summed E-state index contributed by atoms with van der Waals surface area (Å²) in [5, 5.41) is 6.45. The van der Waals surface area contributed by atoms with Crippen LogP contribution in [0.5, 0.6) is 11.5 Å². The van der Waals surface area contributed by atoms with E-state index in [1.165, 1.54) is 6.26 Å². The molecule has 0 heterocycles. The molecule has 0 aliphatic heterocycles. The lowest BCUT2D eigenvalue weighted by Gasteiger charge is -2.18. The van der Waals surface area contributed by atoms with Gasteiger partial charge in [0.15, 0.2) is 5.96 Å². The van der Waals surface area contributed by atoms with Crippen molar-refractivity contribution in [2.75, 3.05) is 19.1 Å². The minimum Gasteiger partial charge on any atom is -0.457 e. The van der Waals surface area contributed by atoms with Crippen LogP contribution in [0.3, 0.4) is 0 Å². The maximum Gasteiger partial charge on any atom is 0.191 e. The third-order valence-electron chi connectivity index (χ3n) is 3.87. The SMILES string of the molecule is CN=C(NCc1cccc(Oc2ccccc2)c1)NC(C)CCS(C)(=O)=O.I. The number of guanidine groups is 1. The van der Waals surface area contributed by atoms with Crippen molar-refractivity contribution in [2.24, 2.45) is 4.99 Å². The molecule has 0 spiro atoms. The van der Waals surface area contributed by atoms with Crippen molar-refractivity contribution in [2.45, 2.75) is 25.9 Å². The average Bonchev–Trinajstić information content (AvgIpc) is 2.64. The van der Waals surface area contributed by atoms with Crippen LogP contribution in [0, 0.1) is 0 Å². The highest BCUT2D eigenvalue weighted by Gasteiger charge is 2.09. The number of para-hydroxylation sites is 1. The third kappa shape index (κ3) is 9.41. The van der Waals surface area contributed by atoms with Crippen LogP contribution in [0.15, 0.2) is 59.6 Å². The Kier molecular flexibility index (Phi) is 10.3. The highest BCUT2D eigenvalue weighted by atomic mass is 127. The van der Waals surface area contributed by atoms with Crippen LogP contribution < -0.4 is 15.4 Å². The van der Waals surface area contributed by atoms with Gasteiger partial charge in [-0.1, -0.05) is 30.3 Å². The molecule has 2 N–H and O–H groups in total. The molecule has 8 heteroatoms. The number of nitrogens with one attached hydrogen (secondary N) is 2. The second-order valence-corrected chi connectivity index (χ2v) is 8.71. The fourth-order valence-corrected chi connectivity index (χ4v) is 3.20. The Morgan fingerprint density at radius 1 is 1.11 bits per heavy atom. The standard InChI is InChI=1S/C20H27N3O3S.HI/c1-16(12-13-27(3,24)25)23-20(21-2)22-15-17-8-7-11-19(14-17)26-18-9-5-4-6-10-18;/h4-11,14,16H,12-13,15H2,1-3H3,(H2,21,22,23);1H. The molecule has 6 nitrogen and oxygen atoms in total. The van der Waals surface area contributed by atoms with Crippen molar-refractivity contribution in [3.05, 3.63) is 60.2 Å². The van der Waals surface area contributed by atoms with Crippen molar-refractivity contribution in [1.82, 2.24) is 10.6 Å². The molecule has 0 amide bonds. The zero-order valence-corrected chi connectivity index (χ0v) is 19.5. The fourth-order valence-electron chi connectivity index (χ4n) is 2.42. The van der Waals surface area contributed by atoms with Gasteiger partial charge in [0.2, 0.25) is 0 Å². The Balaban J connectivity index is 0.00000392. The molecule has 0 bridgehead atoms. The number of nitrogens with zero attached hydrogens (tertiary/aromatic N) is 1. The summed E-state index contributed by atoms with van der Waals surface area (Å²) in [7, 11) is -1.27. The van der Waals surface area contributed by atoms with E-state index in [1.54, 1.807) is 7.05 Å². The molecule has 0 radical (unpaired) electrons. The van der Waals surface area contributed by atoms with Gasteiger partial charge in [0.05, 0.1) is 5.75 Å². The van der Waals surface area contributed by atoms with Crippen LogP contribution in [-0.2, 0) is 16.4 Å². The number of aliphatic imine (C=N–C) groups is 1. The minimum atomic E-state index is -2.96. The molecule has 1 unspecified atom stereocenters. The summed E-state index contributed by atoms with van der Waals surface area (Å²) in [6, 6.07) is 17.5. The second kappa shape index (κ2) is 11.9. The summed E-state index contributed by atoms with van der Waals surface area (Å²) in [6.07, 6.45) is 1.78. The van der Waals surface area contributed by atoms with Gasteiger partial charge in [-0.15, -0.1) is 24.0 Å². The monoisotopic (exact) mass is 517 g/mol. The molecule has 2 rings (SSSR count). The van der Waals surface area contributed by atoms with E-state index >= 15 is 0 Å². The maximum atomic E-state index is 11.3. The molecule has 28 heavy (non-hydrogen) atoms. The lowest BCUT2D eigenvalue weighted by atomic mass is 10.2. The lowest BCUT2D eigenvalue weighted by molar-refractivity contribution is 0.482. The van der Waals surface area contributed by atoms with E-state index in [0.29, 0.717) is 18.9 Å². The van der Waals surface area contributed by atoms with Crippen molar-refractivity contribution in [1.29, 1.82) is 0 Å². The van der Waals surface area contributed by atoms with Gasteiger partial charge in [0.1, 0.15) is 21.3 Å². The van der Waals surface area contributed by atoms with E-state index in [0.717, 1.165) is 17.1 Å². The Morgan fingerprint density at radius 3 is 2.43 bits per heavy atom. The van der Waals surface area contributed by atoms with Gasteiger partial charge < -0.3 is 15.4 Å². The number of ether oxygens (including phenoxy) is 1. The van der Waals surface area contributed by atoms with Crippen molar-refractivity contribution >= 4 is 39.8 Å². The molecule has 154 valence electrons. The summed E-state index contributed by atoms with van der Waals surface area (Å²) in [5.74, 6) is 2.34. The number of halogens is 1. The smallest absolute Gasteiger partial charge is 0.191 e. The number of hydrogen-bond donors (Lipinski definition) is 2. The molecule has 0 aromatic heterocycles. The molecule has 2 aromatic carbocycles. The summed E-state index contributed by atoms with van der Waals surface area (Å²) >= 11 is 0. The third-order valence-corrected chi connectivity index (χ3v) is 4.84. The molecule has 0 saturated heterocycles. The van der Waals surface area contributed by atoms with Gasteiger partial charge in [-0.05, 0) is 43.2 Å². The molecule has 2 aromatic rings. The molecule has 0 aliphatic rings. The van der Waals surface area contributed by atoms with Gasteiger partial charge in [0.25, 0.3) is 0 Å². The van der Waals surface area contributed by atoms with Gasteiger partial charge in [-0.2, -0.15) is 0 Å². The largest absolute Gasteiger partial charge is 0.457 e. The Bertz CT molecular complexity index is 858. The number of hydrogen-bond acceptors (Lipinski definition) is 4. The van der Waals surface area contributed by atoms with Crippen LogP contribution in [0.4, 0.5) is 0 Å². The van der Waals surface area contributed by atoms with Gasteiger partial charge in [-0.3, -0.25) is 4.99 Å². The Labute approximate surface area is 184 Å². The number of benzene rings is 2. The summed E-state index contributed by atoms with van der Waals surface area (Å²) in [5.41, 5.74) is 1.05. The Morgan fingerprint density at radius 2 is 1.79 bits per heavy atom. The number of rotatable bonds is 8. The normalized spacial score (nSPS) is 12.6. The number of sulfone groups is 1. The van der Waals surface area contributed by atoms with E-state index < -0.39 is 9.84 Å². The van der Waals surface area contributed by atoms with E-state index in [-0.39, 0.29) is 35.8 Å². The van der Waals surface area contributed by atoms with Crippen molar-refractivity contribution in [3.8, 4) is 11.5 Å². The van der Waals surface area contributed by atoms with Crippen LogP contribution >= 0.6 is 24.0 Å². The van der Waals surface area contributed by atoms with E-state index in [1.807, 2.05) is 61.5 Å². The first-order valence-corrected chi connectivity index (χ1v) is 10.9. The predicted molar refractivity (Wildman–Crippen MR) is 125 cm³/mol. The van der Waals surface area contributed by atoms with Crippen LogP contribution in [0.1, 0.15) is 18.9 Å². The van der Waals surface area contributed by atoms with Gasteiger partial charge in [-0.25, -0.2) is 8.42 Å². The van der Waals surface area contributed by atoms with E-state index in [9.17, 15) is 8.42 Å². The topological polar surface area (TPSA) is 79.8 Å². The summed E-state index contributed by atoms with van der Waals surface area (Å²) in [4.78, 5) is 4.19. The highest BCUT2D eigenvalue weighted by Crippen LogP contribution is 2.21. The zero-order valence-electron chi connectivity index (χ0n) is 16.4. The minimum absolute atomic E-state index is 0. The Hall–Kier alpha value is -1.81. The van der Waals surface area contributed by atoms with Gasteiger partial charge >= 0.3 is 0 Å². The van der Waals surface area contributed by atoms with Gasteiger partial charge in [0, 0.05) is 25.9 Å². The highest BCUT2D eigenvalue weighted by molar-refractivity contribution is 14.0. The lowest BCUT2D eigenvalue weighted by Crippen LogP contribution is -2.42. The molecular weight excluding hydrogens is 489 g/mol. The first-order chi connectivity index (χ1) is 12.9. The second-order valence-electron chi connectivity index (χ2n) is 6.45. The first kappa shape index (κ1) is 24.2. The predicted octanol–water partition coefficient (Wildman–Crippen LogP) is 3.59. The summed E-state index contributed by atoms with van der Waals surface area (Å²) < 4.78 is 28.4. The molecular formula is C20H28IN3O3S.